The molecule has 0 saturated carbocycles. The van der Waals surface area contributed by atoms with Crippen molar-refractivity contribution in [3.8, 4) is 11.5 Å². The molecular formula is C16H25NO2S. The lowest BCUT2D eigenvalue weighted by Crippen LogP contribution is -2.13. The van der Waals surface area contributed by atoms with Gasteiger partial charge in [0.05, 0.1) is 13.7 Å². The summed E-state index contributed by atoms with van der Waals surface area (Å²) >= 11 is 4.97. The maximum Gasteiger partial charge on any atom is 0.161 e. The Hall–Kier alpha value is -1.29. The first-order valence-corrected chi connectivity index (χ1v) is 7.63. The molecule has 0 saturated heterocycles. The lowest BCUT2D eigenvalue weighted by Gasteiger charge is -2.17. The number of nitrogens with two attached hydrogens (primary N) is 1. The monoisotopic (exact) mass is 295 g/mol. The van der Waals surface area contributed by atoms with E-state index in [0.717, 1.165) is 24.3 Å². The molecule has 0 aliphatic rings. The number of benzene rings is 1. The summed E-state index contributed by atoms with van der Waals surface area (Å²) in [5.74, 6) is 2.03. The normalized spacial score (nSPS) is 11.9. The molecule has 20 heavy (non-hydrogen) atoms. The van der Waals surface area contributed by atoms with Gasteiger partial charge in [0.25, 0.3) is 0 Å². The van der Waals surface area contributed by atoms with Gasteiger partial charge in [0.15, 0.2) is 11.5 Å². The van der Waals surface area contributed by atoms with Crippen LogP contribution in [0.3, 0.4) is 0 Å². The lowest BCUT2D eigenvalue weighted by molar-refractivity contribution is 0.224. The lowest BCUT2D eigenvalue weighted by atomic mass is 10.0. The summed E-state index contributed by atoms with van der Waals surface area (Å²) in [6.45, 7) is 5.14. The zero-order valence-corrected chi connectivity index (χ0v) is 13.5. The number of ether oxygens (including phenoxy) is 2. The first-order valence-electron chi connectivity index (χ1n) is 7.22. The van der Waals surface area contributed by atoms with Gasteiger partial charge in [-0.1, -0.05) is 45.3 Å². The van der Waals surface area contributed by atoms with Gasteiger partial charge in [0, 0.05) is 5.56 Å². The quantitative estimate of drug-likeness (QED) is 0.701. The van der Waals surface area contributed by atoms with Gasteiger partial charge in [-0.25, -0.2) is 0 Å². The fraction of sp³-hybridized carbons (Fsp3) is 0.562. The Bertz CT molecular complexity index is 434. The number of rotatable bonds is 9. The van der Waals surface area contributed by atoms with Crippen LogP contribution in [-0.4, -0.2) is 18.7 Å². The molecule has 1 aromatic rings. The average Bonchev–Trinajstić information content (AvgIpc) is 2.47. The van der Waals surface area contributed by atoms with Crippen molar-refractivity contribution in [3.63, 3.8) is 0 Å². The van der Waals surface area contributed by atoms with E-state index in [0.29, 0.717) is 16.7 Å². The van der Waals surface area contributed by atoms with Crippen molar-refractivity contribution in [1.82, 2.24) is 0 Å². The van der Waals surface area contributed by atoms with Gasteiger partial charge in [-0.2, -0.15) is 0 Å². The molecule has 0 aliphatic heterocycles. The third-order valence-corrected chi connectivity index (χ3v) is 3.70. The van der Waals surface area contributed by atoms with Crippen LogP contribution in [0, 0.1) is 5.92 Å². The van der Waals surface area contributed by atoms with Crippen LogP contribution < -0.4 is 15.2 Å². The molecule has 0 bridgehead atoms. The highest BCUT2D eigenvalue weighted by molar-refractivity contribution is 7.80. The van der Waals surface area contributed by atoms with Crippen molar-refractivity contribution in [2.24, 2.45) is 11.7 Å². The molecular weight excluding hydrogens is 270 g/mol. The third-order valence-electron chi connectivity index (χ3n) is 3.47. The highest BCUT2D eigenvalue weighted by Gasteiger charge is 2.11. The first kappa shape index (κ1) is 16.8. The second kappa shape index (κ2) is 8.80. The fourth-order valence-corrected chi connectivity index (χ4v) is 2.17. The second-order valence-electron chi connectivity index (χ2n) is 4.96. The SMILES string of the molecule is CCCCC(CC)COc1ccc(C(N)=S)cc1OC. The standard InChI is InChI=1S/C16H25NO2S/c1-4-6-7-12(5-2)11-19-14-9-8-13(16(17)20)10-15(14)18-3/h8-10,12H,4-7,11H2,1-3H3,(H2,17,20). The molecule has 1 rings (SSSR count). The van der Waals surface area contributed by atoms with Crippen LogP contribution in [0.1, 0.15) is 45.1 Å². The maximum absolute atomic E-state index is 5.90. The Morgan fingerprint density at radius 2 is 2.05 bits per heavy atom. The van der Waals surface area contributed by atoms with Crippen LogP contribution in [0.25, 0.3) is 0 Å². The number of methoxy groups -OCH3 is 1. The molecule has 4 heteroatoms. The zero-order chi connectivity index (χ0) is 15.0. The van der Waals surface area contributed by atoms with Gasteiger partial charge in [-0.3, -0.25) is 0 Å². The molecule has 0 aliphatic carbocycles. The molecule has 0 aromatic heterocycles. The zero-order valence-electron chi connectivity index (χ0n) is 12.6. The van der Waals surface area contributed by atoms with Crippen LogP contribution in [0.2, 0.25) is 0 Å². The summed E-state index contributed by atoms with van der Waals surface area (Å²) in [6, 6.07) is 5.57. The minimum absolute atomic E-state index is 0.365. The molecule has 0 fully saturated rings. The highest BCUT2D eigenvalue weighted by atomic mass is 32.1. The van der Waals surface area contributed by atoms with Crippen molar-refractivity contribution < 1.29 is 9.47 Å². The summed E-state index contributed by atoms with van der Waals surface area (Å²) in [6.07, 6.45) is 4.81. The molecule has 1 unspecified atom stereocenters. The predicted octanol–water partition coefficient (Wildman–Crippen LogP) is 3.92. The fourth-order valence-electron chi connectivity index (χ4n) is 2.05. The van der Waals surface area contributed by atoms with Crippen LogP contribution in [0.5, 0.6) is 11.5 Å². The second-order valence-corrected chi connectivity index (χ2v) is 5.40. The topological polar surface area (TPSA) is 44.5 Å². The minimum atomic E-state index is 0.365. The minimum Gasteiger partial charge on any atom is -0.493 e. The molecule has 0 amide bonds. The van der Waals surface area contributed by atoms with E-state index in [9.17, 15) is 0 Å². The average molecular weight is 295 g/mol. The Kier molecular flexibility index (Phi) is 7.37. The van der Waals surface area contributed by atoms with E-state index in [1.807, 2.05) is 18.2 Å². The van der Waals surface area contributed by atoms with Crippen molar-refractivity contribution >= 4 is 17.2 Å². The summed E-state index contributed by atoms with van der Waals surface area (Å²) in [5, 5.41) is 0. The Morgan fingerprint density at radius 3 is 2.60 bits per heavy atom. The van der Waals surface area contributed by atoms with E-state index in [1.165, 1.54) is 19.3 Å². The molecule has 1 atom stereocenters. The summed E-state index contributed by atoms with van der Waals surface area (Å²) in [4.78, 5) is 0.365. The van der Waals surface area contributed by atoms with Gasteiger partial charge in [-0.05, 0) is 30.5 Å². The van der Waals surface area contributed by atoms with Crippen LogP contribution in [0.4, 0.5) is 0 Å². The van der Waals surface area contributed by atoms with Gasteiger partial charge < -0.3 is 15.2 Å². The summed E-state index contributed by atoms with van der Waals surface area (Å²) in [7, 11) is 1.62. The first-order chi connectivity index (χ1) is 9.62. The van der Waals surface area contributed by atoms with E-state index in [4.69, 9.17) is 27.4 Å². The van der Waals surface area contributed by atoms with E-state index in [1.54, 1.807) is 7.11 Å². The molecule has 0 spiro atoms. The number of unbranched alkanes of at least 4 members (excludes halogenated alkanes) is 1. The molecule has 0 heterocycles. The van der Waals surface area contributed by atoms with Crippen LogP contribution in [0.15, 0.2) is 18.2 Å². The van der Waals surface area contributed by atoms with Crippen molar-refractivity contribution in [2.75, 3.05) is 13.7 Å². The Morgan fingerprint density at radius 1 is 1.30 bits per heavy atom. The molecule has 2 N–H and O–H groups in total. The van der Waals surface area contributed by atoms with Crippen LogP contribution >= 0.6 is 12.2 Å². The summed E-state index contributed by atoms with van der Waals surface area (Å²) < 4.78 is 11.2. The van der Waals surface area contributed by atoms with Crippen molar-refractivity contribution in [1.29, 1.82) is 0 Å². The van der Waals surface area contributed by atoms with Gasteiger partial charge >= 0.3 is 0 Å². The Labute approximate surface area is 127 Å². The molecule has 0 radical (unpaired) electrons. The predicted molar refractivity (Wildman–Crippen MR) is 87.7 cm³/mol. The Balaban J connectivity index is 2.69. The largest absolute Gasteiger partial charge is 0.493 e. The molecule has 3 nitrogen and oxygen atoms in total. The van der Waals surface area contributed by atoms with E-state index >= 15 is 0 Å². The number of thiocarbonyl (C=S) groups is 1. The number of hydrogen-bond donors (Lipinski definition) is 1. The van der Waals surface area contributed by atoms with Crippen LogP contribution in [-0.2, 0) is 0 Å². The van der Waals surface area contributed by atoms with E-state index in [-0.39, 0.29) is 0 Å². The maximum atomic E-state index is 5.90. The van der Waals surface area contributed by atoms with E-state index < -0.39 is 0 Å². The smallest absolute Gasteiger partial charge is 0.161 e. The van der Waals surface area contributed by atoms with Crippen molar-refractivity contribution in [2.45, 2.75) is 39.5 Å². The number of hydrogen-bond acceptors (Lipinski definition) is 3. The van der Waals surface area contributed by atoms with Gasteiger partial charge in [0.1, 0.15) is 4.99 Å². The molecule has 1 aromatic carbocycles. The molecule has 112 valence electrons. The summed E-state index contributed by atoms with van der Waals surface area (Å²) in [5.41, 5.74) is 6.41. The van der Waals surface area contributed by atoms with Gasteiger partial charge in [-0.15, -0.1) is 0 Å². The van der Waals surface area contributed by atoms with E-state index in [2.05, 4.69) is 13.8 Å². The third kappa shape index (κ3) is 5.00. The van der Waals surface area contributed by atoms with Gasteiger partial charge in [0.2, 0.25) is 0 Å². The highest BCUT2D eigenvalue weighted by Crippen LogP contribution is 2.29. The van der Waals surface area contributed by atoms with Crippen molar-refractivity contribution in [3.05, 3.63) is 23.8 Å².